The first-order valence-corrected chi connectivity index (χ1v) is 7.75. The maximum absolute atomic E-state index is 10.2. The fraction of sp³-hybridized carbons (Fsp3) is 0.812. The van der Waals surface area contributed by atoms with Gasteiger partial charge in [0.2, 0.25) is 0 Å². The largest absolute Gasteiger partial charge is 0.510 e. The number of hydrogen-bond acceptors (Lipinski definition) is 15. The smallest absolute Gasteiger partial charge is 0.438 e. The van der Waals surface area contributed by atoms with Crippen LogP contribution < -0.4 is 0 Å². The molecule has 15 nitrogen and oxygen atoms in total. The van der Waals surface area contributed by atoms with Gasteiger partial charge in [-0.15, -0.1) is 0 Å². The van der Waals surface area contributed by atoms with Gasteiger partial charge in [-0.05, 0) is 0 Å². The Morgan fingerprint density at radius 2 is 0.677 bits per heavy atom. The average molecular weight is 466 g/mol. The van der Waals surface area contributed by atoms with Crippen LogP contribution in [0.5, 0.6) is 0 Å². The lowest BCUT2D eigenvalue weighted by molar-refractivity contribution is -0.106. The fourth-order valence-corrected chi connectivity index (χ4v) is 0.798. The first-order chi connectivity index (χ1) is 14.4. The van der Waals surface area contributed by atoms with E-state index in [1.165, 1.54) is 42.7 Å². The van der Waals surface area contributed by atoms with E-state index in [1.807, 2.05) is 0 Å². The molecule has 0 aromatic heterocycles. The van der Waals surface area contributed by atoms with Gasteiger partial charge < -0.3 is 56.8 Å². The molecule has 0 atom stereocenters. The zero-order valence-electron chi connectivity index (χ0n) is 17.9. The molecule has 0 aliphatic carbocycles. The molecule has 0 radical (unpaired) electrons. The van der Waals surface area contributed by atoms with Gasteiger partial charge in [-0.25, -0.2) is 14.4 Å². The first-order valence-electron chi connectivity index (χ1n) is 7.75. The van der Waals surface area contributed by atoms with Gasteiger partial charge in [0.1, 0.15) is 20.4 Å². The summed E-state index contributed by atoms with van der Waals surface area (Å²) in [6.45, 7) is -0.174. The van der Waals surface area contributed by atoms with E-state index in [1.54, 1.807) is 0 Å². The van der Waals surface area contributed by atoms with E-state index in [-0.39, 0.29) is 48.2 Å². The van der Waals surface area contributed by atoms with Crippen molar-refractivity contribution in [1.82, 2.24) is 0 Å². The molecule has 0 aromatic carbocycles. The average Bonchev–Trinajstić information content (AvgIpc) is 2.77. The fourth-order valence-electron chi connectivity index (χ4n) is 0.798. The van der Waals surface area contributed by atoms with Crippen molar-refractivity contribution in [2.24, 2.45) is 0 Å². The quantitative estimate of drug-likeness (QED) is 0.176. The molecule has 0 amide bonds. The van der Waals surface area contributed by atoms with Crippen LogP contribution in [0.3, 0.4) is 0 Å². The van der Waals surface area contributed by atoms with Crippen molar-refractivity contribution in [2.75, 3.05) is 83.4 Å². The predicted octanol–water partition coefficient (Wildman–Crippen LogP) is 1.68. The van der Waals surface area contributed by atoms with E-state index in [0.29, 0.717) is 0 Å². The highest BCUT2D eigenvalue weighted by Crippen LogP contribution is 1.84. The number of rotatable bonds is 12. The third kappa shape index (κ3) is 38.7. The topological polar surface area (TPSA) is 162 Å². The zero-order valence-corrected chi connectivity index (χ0v) is 17.9. The summed E-state index contributed by atoms with van der Waals surface area (Å²) in [6.07, 6.45) is -2.30. The number of hydrogen-bond donors (Lipinski definition) is 0. The van der Waals surface area contributed by atoms with Crippen molar-refractivity contribution in [1.29, 1.82) is 0 Å². The molecule has 0 spiro atoms. The molecule has 0 saturated heterocycles. The lowest BCUT2D eigenvalue weighted by Crippen LogP contribution is -2.09. The summed E-state index contributed by atoms with van der Waals surface area (Å²) in [7, 11) is 8.07. The molecule has 0 heterocycles. The van der Waals surface area contributed by atoms with Crippen LogP contribution in [0.1, 0.15) is 7.43 Å². The van der Waals surface area contributed by atoms with Crippen LogP contribution in [0.25, 0.3) is 0 Å². The lowest BCUT2D eigenvalue weighted by Gasteiger charge is -2.02. The molecule has 0 aliphatic rings. The summed E-state index contributed by atoms with van der Waals surface area (Å²) in [5.74, 6) is 0. The highest BCUT2D eigenvalue weighted by molar-refractivity contribution is 5.59. The van der Waals surface area contributed by atoms with Crippen molar-refractivity contribution in [2.45, 2.75) is 7.43 Å². The van der Waals surface area contributed by atoms with Crippen LogP contribution in [0, 0.1) is 0 Å². The Bertz CT molecular complexity index is 334. The summed E-state index contributed by atoms with van der Waals surface area (Å²) in [5.41, 5.74) is 0. The summed E-state index contributed by atoms with van der Waals surface area (Å²) in [6, 6.07) is 0. The maximum Gasteiger partial charge on any atom is 0.510 e. The van der Waals surface area contributed by atoms with Crippen LogP contribution >= 0.6 is 0 Å². The Hall–Kier alpha value is -2.43. The zero-order chi connectivity index (χ0) is 23.5. The van der Waals surface area contributed by atoms with Crippen molar-refractivity contribution in [3.05, 3.63) is 0 Å². The number of methoxy groups -OCH3 is 6. The number of ether oxygens (including phenoxy) is 12. The van der Waals surface area contributed by atoms with Gasteiger partial charge in [0, 0.05) is 21.3 Å². The molecule has 188 valence electrons. The monoisotopic (exact) mass is 466 g/mol. The van der Waals surface area contributed by atoms with Crippen LogP contribution in [-0.2, 0) is 56.8 Å². The van der Waals surface area contributed by atoms with E-state index in [0.717, 1.165) is 0 Å². The van der Waals surface area contributed by atoms with E-state index in [4.69, 9.17) is 0 Å². The number of carbonyl (C=O) groups excluding carboxylic acids is 3. The van der Waals surface area contributed by atoms with Crippen molar-refractivity contribution >= 4 is 18.5 Å². The Kier molecular flexibility index (Phi) is 37.4. The second-order valence-electron chi connectivity index (χ2n) is 3.98. The number of carbonyl (C=O) groups is 3. The van der Waals surface area contributed by atoms with Gasteiger partial charge in [-0.2, -0.15) is 0 Å². The van der Waals surface area contributed by atoms with Crippen molar-refractivity contribution in [3.8, 4) is 0 Å². The normalized spacial score (nSPS) is 8.71. The van der Waals surface area contributed by atoms with E-state index in [2.05, 4.69) is 56.8 Å². The standard InChI is InChI=1S/3C5H10O5.CH4/c3*1-7-3-9-4-10-5(6)8-2;/h3*3-4H2,1-2H3;1H4. The molecule has 15 heteroatoms. The predicted molar refractivity (Wildman–Crippen MR) is 101 cm³/mol. The Balaban J connectivity index is -0.000000174. The van der Waals surface area contributed by atoms with Crippen LogP contribution in [-0.4, -0.2) is 102 Å². The highest BCUT2D eigenvalue weighted by Gasteiger charge is 1.98. The molecule has 0 N–H and O–H groups in total. The molecule has 0 rings (SSSR count). The van der Waals surface area contributed by atoms with Gasteiger partial charge in [0.05, 0.1) is 21.3 Å². The lowest BCUT2D eigenvalue weighted by atomic mass is 11.2. The third-order valence-electron chi connectivity index (χ3n) is 1.88. The molecule has 0 bridgehead atoms. The molecule has 0 saturated carbocycles. The highest BCUT2D eigenvalue weighted by atomic mass is 16.8. The maximum atomic E-state index is 10.2. The Labute approximate surface area is 181 Å². The summed E-state index contributed by atoms with van der Waals surface area (Å²) in [5, 5.41) is 0. The summed E-state index contributed by atoms with van der Waals surface area (Å²) < 4.78 is 52.8. The van der Waals surface area contributed by atoms with E-state index < -0.39 is 18.5 Å². The molecular formula is C16H34O15. The van der Waals surface area contributed by atoms with Crippen LogP contribution in [0.15, 0.2) is 0 Å². The van der Waals surface area contributed by atoms with Crippen molar-refractivity contribution in [3.63, 3.8) is 0 Å². The van der Waals surface area contributed by atoms with Gasteiger partial charge in [0.25, 0.3) is 0 Å². The van der Waals surface area contributed by atoms with Crippen LogP contribution in [0.4, 0.5) is 14.4 Å². The second kappa shape index (κ2) is 32.2. The molecule has 31 heavy (non-hydrogen) atoms. The molecular weight excluding hydrogens is 432 g/mol. The summed E-state index contributed by atoms with van der Waals surface area (Å²) >= 11 is 0. The van der Waals surface area contributed by atoms with Gasteiger partial charge >= 0.3 is 18.5 Å². The molecule has 0 aromatic rings. The van der Waals surface area contributed by atoms with Gasteiger partial charge in [-0.3, -0.25) is 0 Å². The summed E-state index contributed by atoms with van der Waals surface area (Å²) in [4.78, 5) is 30.6. The second-order valence-corrected chi connectivity index (χ2v) is 3.98. The molecule has 0 fully saturated rings. The minimum absolute atomic E-state index is 0. The van der Waals surface area contributed by atoms with E-state index in [9.17, 15) is 14.4 Å². The third-order valence-corrected chi connectivity index (χ3v) is 1.88. The van der Waals surface area contributed by atoms with Gasteiger partial charge in [0.15, 0.2) is 20.4 Å². The Morgan fingerprint density at radius 1 is 0.452 bits per heavy atom. The first kappa shape index (κ1) is 36.0. The molecule has 0 unspecified atom stereocenters. The minimum atomic E-state index is -0.767. The van der Waals surface area contributed by atoms with Crippen LogP contribution in [0.2, 0.25) is 0 Å². The molecule has 0 aliphatic heterocycles. The van der Waals surface area contributed by atoms with E-state index >= 15 is 0 Å². The SMILES string of the molecule is C.COCOCOC(=O)OC.COCOCOC(=O)OC.COCOCOC(=O)OC. The van der Waals surface area contributed by atoms with Crippen molar-refractivity contribution < 1.29 is 71.2 Å². The Morgan fingerprint density at radius 3 is 0.839 bits per heavy atom. The van der Waals surface area contributed by atoms with Gasteiger partial charge in [-0.1, -0.05) is 7.43 Å². The minimum Gasteiger partial charge on any atom is -0.438 e.